The average Bonchev–Trinajstić information content (AvgIpc) is 3.34. The zero-order valence-electron chi connectivity index (χ0n) is 15.0. The quantitative estimate of drug-likeness (QED) is 0.775. The highest BCUT2D eigenvalue weighted by Crippen LogP contribution is 2.40. The van der Waals surface area contributed by atoms with E-state index in [-0.39, 0.29) is 0 Å². The summed E-state index contributed by atoms with van der Waals surface area (Å²) in [5.74, 6) is 0.589. The van der Waals surface area contributed by atoms with Crippen LogP contribution < -0.4 is 0 Å². The molecule has 2 aliphatic rings. The van der Waals surface area contributed by atoms with Crippen LogP contribution in [0.3, 0.4) is 0 Å². The lowest BCUT2D eigenvalue weighted by Crippen LogP contribution is -2.41. The van der Waals surface area contributed by atoms with Crippen LogP contribution in [0.25, 0.3) is 17.1 Å². The van der Waals surface area contributed by atoms with Gasteiger partial charge in [0.05, 0.1) is 11.2 Å². The average molecular weight is 340 g/mol. The molecule has 1 aliphatic carbocycles. The molecule has 25 heavy (non-hydrogen) atoms. The number of hydrogen-bond donors (Lipinski definition) is 0. The van der Waals surface area contributed by atoms with E-state index in [1.165, 1.54) is 18.9 Å². The number of aromatic nitrogens is 2. The molecule has 0 unspecified atom stereocenters. The second-order valence-corrected chi connectivity index (χ2v) is 7.94. The molecule has 2 fully saturated rings. The Balaban J connectivity index is 1.59. The van der Waals surface area contributed by atoms with E-state index in [1.807, 2.05) is 45.9 Å². The largest absolute Gasteiger partial charge is 0.525 e. The molecule has 0 N–H and O–H groups in total. The van der Waals surface area contributed by atoms with Gasteiger partial charge in [0.2, 0.25) is 0 Å². The number of nitrogens with zero attached hydrogens (tertiary/aromatic N) is 2. The summed E-state index contributed by atoms with van der Waals surface area (Å²) in [6.07, 6.45) is 5.47. The maximum atomic E-state index is 14.6. The second-order valence-electron chi connectivity index (χ2n) is 7.94. The van der Waals surface area contributed by atoms with E-state index in [1.54, 1.807) is 6.20 Å². The molecule has 6 heteroatoms. The van der Waals surface area contributed by atoms with E-state index in [4.69, 9.17) is 9.31 Å². The molecule has 0 amide bonds. The van der Waals surface area contributed by atoms with Crippen molar-refractivity contribution < 1.29 is 13.7 Å². The van der Waals surface area contributed by atoms with Crippen LogP contribution in [0.2, 0.25) is 0 Å². The SMILES string of the molecule is CC1(C)OB(C(F)=Cc2cnc3nc(C4CC4)ccc3c2)OC1(C)C. The third kappa shape index (κ3) is 3.09. The lowest BCUT2D eigenvalue weighted by molar-refractivity contribution is 0.00578. The second kappa shape index (κ2) is 5.61. The van der Waals surface area contributed by atoms with Crippen molar-refractivity contribution in [1.82, 2.24) is 9.97 Å². The van der Waals surface area contributed by atoms with E-state index in [0.717, 1.165) is 11.1 Å². The Labute approximate surface area is 147 Å². The zero-order valence-corrected chi connectivity index (χ0v) is 15.0. The topological polar surface area (TPSA) is 44.2 Å². The Morgan fingerprint density at radius 1 is 1.20 bits per heavy atom. The number of fused-ring (bicyclic) bond motifs is 1. The molecule has 4 rings (SSSR count). The first-order valence-electron chi connectivity index (χ1n) is 8.75. The minimum atomic E-state index is -0.990. The first-order chi connectivity index (χ1) is 11.7. The first kappa shape index (κ1) is 16.7. The van der Waals surface area contributed by atoms with Crippen molar-refractivity contribution in [2.75, 3.05) is 0 Å². The summed E-state index contributed by atoms with van der Waals surface area (Å²) in [5.41, 5.74) is 0.897. The molecule has 1 saturated carbocycles. The summed E-state index contributed by atoms with van der Waals surface area (Å²) in [5, 5.41) is 0.903. The molecular formula is C19H22BFN2O2. The highest BCUT2D eigenvalue weighted by molar-refractivity contribution is 6.54. The van der Waals surface area contributed by atoms with Crippen molar-refractivity contribution in [3.05, 3.63) is 41.4 Å². The number of hydrogen-bond acceptors (Lipinski definition) is 4. The Morgan fingerprint density at radius 3 is 2.52 bits per heavy atom. The third-order valence-electron chi connectivity index (χ3n) is 5.36. The molecule has 1 saturated heterocycles. The van der Waals surface area contributed by atoms with Gasteiger partial charge in [0.25, 0.3) is 0 Å². The number of pyridine rings is 2. The van der Waals surface area contributed by atoms with Gasteiger partial charge in [0.15, 0.2) is 5.65 Å². The van der Waals surface area contributed by atoms with Crippen LogP contribution in [0, 0.1) is 0 Å². The summed E-state index contributed by atoms with van der Waals surface area (Å²) in [6.45, 7) is 7.62. The van der Waals surface area contributed by atoms with Gasteiger partial charge in [-0.2, -0.15) is 0 Å². The van der Waals surface area contributed by atoms with Crippen LogP contribution >= 0.6 is 0 Å². The van der Waals surface area contributed by atoms with Gasteiger partial charge in [0, 0.05) is 23.2 Å². The fraction of sp³-hybridized carbons (Fsp3) is 0.474. The molecule has 130 valence electrons. The Kier molecular flexibility index (Phi) is 3.74. The van der Waals surface area contributed by atoms with Crippen LogP contribution in [0.4, 0.5) is 4.39 Å². The van der Waals surface area contributed by atoms with Gasteiger partial charge in [-0.25, -0.2) is 14.4 Å². The molecular weight excluding hydrogens is 318 g/mol. The van der Waals surface area contributed by atoms with Crippen molar-refractivity contribution in [2.45, 2.75) is 57.7 Å². The molecule has 0 aromatic carbocycles. The van der Waals surface area contributed by atoms with E-state index in [2.05, 4.69) is 9.97 Å². The van der Waals surface area contributed by atoms with Gasteiger partial charge in [-0.05, 0) is 70.4 Å². The third-order valence-corrected chi connectivity index (χ3v) is 5.36. The monoisotopic (exact) mass is 340 g/mol. The molecule has 0 spiro atoms. The van der Waals surface area contributed by atoms with Crippen LogP contribution in [-0.4, -0.2) is 28.3 Å². The lowest BCUT2D eigenvalue weighted by atomic mass is 9.87. The van der Waals surface area contributed by atoms with Gasteiger partial charge in [-0.15, -0.1) is 0 Å². The predicted octanol–water partition coefficient (Wildman–Crippen LogP) is 4.45. The maximum Gasteiger partial charge on any atom is 0.525 e. The molecule has 2 aromatic heterocycles. The minimum Gasteiger partial charge on any atom is -0.398 e. The highest BCUT2D eigenvalue weighted by Gasteiger charge is 2.53. The van der Waals surface area contributed by atoms with E-state index < -0.39 is 24.0 Å². The summed E-state index contributed by atoms with van der Waals surface area (Å²) >= 11 is 0. The molecule has 4 nitrogen and oxygen atoms in total. The van der Waals surface area contributed by atoms with E-state index in [9.17, 15) is 4.39 Å². The summed E-state index contributed by atoms with van der Waals surface area (Å²) in [6, 6.07) is 5.93. The first-order valence-corrected chi connectivity index (χ1v) is 8.75. The molecule has 2 aromatic rings. The van der Waals surface area contributed by atoms with Crippen molar-refractivity contribution in [3.63, 3.8) is 0 Å². The molecule has 0 atom stereocenters. The van der Waals surface area contributed by atoms with Crippen molar-refractivity contribution in [2.24, 2.45) is 0 Å². The fourth-order valence-electron chi connectivity index (χ4n) is 2.91. The minimum absolute atomic E-state index is 0.456. The standard InChI is InChI=1S/C19H22BFN2O2/c1-18(2)19(3,4)25-20(24-18)16(21)10-12-9-14-7-8-15(13-5-6-13)23-17(14)22-11-12/h7-11,13H,5-6H2,1-4H3. The maximum absolute atomic E-state index is 14.6. The van der Waals surface area contributed by atoms with Gasteiger partial charge >= 0.3 is 7.12 Å². The summed E-state index contributed by atoms with van der Waals surface area (Å²) in [7, 11) is -0.990. The summed E-state index contributed by atoms with van der Waals surface area (Å²) in [4.78, 5) is 8.98. The van der Waals surface area contributed by atoms with Crippen molar-refractivity contribution >= 4 is 24.2 Å². The van der Waals surface area contributed by atoms with Gasteiger partial charge in [-0.3, -0.25) is 0 Å². The van der Waals surface area contributed by atoms with Gasteiger partial charge < -0.3 is 9.31 Å². The van der Waals surface area contributed by atoms with Gasteiger partial charge in [-0.1, -0.05) is 0 Å². The molecule has 0 bridgehead atoms. The van der Waals surface area contributed by atoms with E-state index in [0.29, 0.717) is 17.1 Å². The lowest BCUT2D eigenvalue weighted by Gasteiger charge is -2.32. The zero-order chi connectivity index (χ0) is 17.8. The predicted molar refractivity (Wildman–Crippen MR) is 96.7 cm³/mol. The van der Waals surface area contributed by atoms with Crippen LogP contribution in [0.1, 0.15) is 57.7 Å². The Bertz CT molecular complexity index is 846. The Morgan fingerprint density at radius 2 is 1.88 bits per heavy atom. The fourth-order valence-corrected chi connectivity index (χ4v) is 2.91. The van der Waals surface area contributed by atoms with Gasteiger partial charge in [0.1, 0.15) is 5.73 Å². The Hall–Kier alpha value is -1.79. The highest BCUT2D eigenvalue weighted by atomic mass is 19.1. The summed E-state index contributed by atoms with van der Waals surface area (Å²) < 4.78 is 26.1. The molecule has 0 radical (unpaired) electrons. The van der Waals surface area contributed by atoms with E-state index >= 15 is 0 Å². The number of rotatable bonds is 3. The van der Waals surface area contributed by atoms with Crippen molar-refractivity contribution in [1.29, 1.82) is 0 Å². The van der Waals surface area contributed by atoms with Crippen LogP contribution in [0.15, 0.2) is 30.1 Å². The van der Waals surface area contributed by atoms with Crippen molar-refractivity contribution in [3.8, 4) is 0 Å². The normalized spacial score (nSPS) is 22.6. The smallest absolute Gasteiger partial charge is 0.398 e. The molecule has 3 heterocycles. The van der Waals surface area contributed by atoms with Crippen LogP contribution in [-0.2, 0) is 9.31 Å². The molecule has 1 aliphatic heterocycles. The number of halogens is 1. The van der Waals surface area contributed by atoms with Crippen LogP contribution in [0.5, 0.6) is 0 Å².